The highest BCUT2D eigenvalue weighted by atomic mass is 35.5. The molecule has 0 aromatic carbocycles. The van der Waals surface area contributed by atoms with Crippen LogP contribution >= 0.6 is 11.6 Å². The van der Waals surface area contributed by atoms with Gasteiger partial charge >= 0.3 is 0 Å². The molecule has 0 rings (SSSR count). The number of alkyl halides is 1. The van der Waals surface area contributed by atoms with E-state index in [-0.39, 0.29) is 0 Å². The molecule has 0 saturated heterocycles. The molecule has 0 fully saturated rings. The molecule has 10 heavy (non-hydrogen) atoms. The van der Waals surface area contributed by atoms with Crippen molar-refractivity contribution in [3.05, 3.63) is 0 Å². The fourth-order valence-electron chi connectivity index (χ4n) is 1.59. The van der Waals surface area contributed by atoms with Crippen LogP contribution in [-0.2, 0) is 0 Å². The van der Waals surface area contributed by atoms with Gasteiger partial charge in [-0.25, -0.2) is 0 Å². The second-order valence-corrected chi connectivity index (χ2v) is 3.69. The van der Waals surface area contributed by atoms with E-state index in [1.807, 2.05) is 0 Å². The maximum atomic E-state index is 6.10. The molecule has 0 saturated carbocycles. The van der Waals surface area contributed by atoms with Crippen molar-refractivity contribution in [2.45, 2.75) is 52.3 Å². The molecule has 62 valence electrons. The second kappa shape index (κ2) is 4.23. The van der Waals surface area contributed by atoms with E-state index in [0.29, 0.717) is 10.8 Å². The van der Waals surface area contributed by atoms with E-state index in [9.17, 15) is 0 Å². The Hall–Kier alpha value is 0.290. The minimum absolute atomic E-state index is 0.312. The third kappa shape index (κ3) is 1.88. The lowest BCUT2D eigenvalue weighted by atomic mass is 9.77. The minimum atomic E-state index is 0.312. The van der Waals surface area contributed by atoms with Gasteiger partial charge in [0.1, 0.15) is 0 Å². The van der Waals surface area contributed by atoms with Gasteiger partial charge in [0.25, 0.3) is 0 Å². The van der Waals surface area contributed by atoms with Crippen molar-refractivity contribution in [3.63, 3.8) is 0 Å². The van der Waals surface area contributed by atoms with Gasteiger partial charge in [-0.1, -0.05) is 20.8 Å². The Bertz CT molecular complexity index is 74.5. The molecule has 0 aliphatic carbocycles. The molecule has 1 atom stereocenters. The summed E-state index contributed by atoms with van der Waals surface area (Å²) in [6, 6.07) is 0. The highest BCUT2D eigenvalue weighted by Gasteiger charge is 2.28. The van der Waals surface area contributed by atoms with Crippen LogP contribution in [0.2, 0.25) is 0 Å². The van der Waals surface area contributed by atoms with Crippen molar-refractivity contribution in [1.82, 2.24) is 0 Å². The minimum Gasteiger partial charge on any atom is -0.123 e. The molecule has 0 amide bonds. The fraction of sp³-hybridized carbons (Fsp3) is 1.00. The molecule has 0 N–H and O–H groups in total. The molecule has 0 spiro atoms. The van der Waals surface area contributed by atoms with Crippen LogP contribution in [0.15, 0.2) is 0 Å². The number of halogens is 1. The lowest BCUT2D eigenvalue weighted by Gasteiger charge is -2.33. The Morgan fingerprint density at radius 3 is 1.40 bits per heavy atom. The lowest BCUT2D eigenvalue weighted by molar-refractivity contribution is 0.246. The van der Waals surface area contributed by atoms with E-state index in [1.54, 1.807) is 0 Å². The summed E-state index contributed by atoms with van der Waals surface area (Å²) in [6.45, 7) is 8.79. The summed E-state index contributed by atoms with van der Waals surface area (Å²) in [5.74, 6) is 0. The average Bonchev–Trinajstić information content (AvgIpc) is 1.92. The largest absolute Gasteiger partial charge is 0.123 e. The van der Waals surface area contributed by atoms with Crippen LogP contribution in [-0.4, -0.2) is 5.38 Å². The van der Waals surface area contributed by atoms with E-state index in [2.05, 4.69) is 27.7 Å². The van der Waals surface area contributed by atoms with Crippen molar-refractivity contribution in [2.75, 3.05) is 0 Å². The fourth-order valence-corrected chi connectivity index (χ4v) is 2.06. The molecule has 0 aliphatic rings. The maximum Gasteiger partial charge on any atom is 0.0363 e. The smallest absolute Gasteiger partial charge is 0.0363 e. The van der Waals surface area contributed by atoms with Crippen LogP contribution in [0.4, 0.5) is 0 Å². The van der Waals surface area contributed by atoms with Crippen LogP contribution in [0.5, 0.6) is 0 Å². The van der Waals surface area contributed by atoms with Crippen molar-refractivity contribution >= 4 is 11.6 Å². The topological polar surface area (TPSA) is 0 Å². The molecule has 0 radical (unpaired) electrons. The Labute approximate surface area is 70.0 Å². The van der Waals surface area contributed by atoms with Crippen LogP contribution in [0.1, 0.15) is 47.0 Å². The Morgan fingerprint density at radius 1 is 1.10 bits per heavy atom. The summed E-state index contributed by atoms with van der Waals surface area (Å²) < 4.78 is 0. The van der Waals surface area contributed by atoms with Crippen LogP contribution in [0, 0.1) is 5.41 Å². The number of hydrogen-bond donors (Lipinski definition) is 0. The molecule has 0 aliphatic heterocycles. The number of rotatable bonds is 4. The predicted octanol–water partition coefficient (Wildman–Crippen LogP) is 3.83. The van der Waals surface area contributed by atoms with Gasteiger partial charge in [-0.05, 0) is 31.6 Å². The first-order chi connectivity index (χ1) is 4.63. The highest BCUT2D eigenvalue weighted by molar-refractivity contribution is 6.20. The zero-order chi connectivity index (χ0) is 8.20. The van der Waals surface area contributed by atoms with Gasteiger partial charge in [-0.2, -0.15) is 0 Å². The molecular formula is C9H19Cl. The van der Waals surface area contributed by atoms with E-state index < -0.39 is 0 Å². The first-order valence-corrected chi connectivity index (χ1v) is 4.70. The van der Waals surface area contributed by atoms with Crippen molar-refractivity contribution < 1.29 is 0 Å². The molecule has 0 heterocycles. The molecule has 0 aromatic heterocycles. The summed E-state index contributed by atoms with van der Waals surface area (Å²) in [5.41, 5.74) is 0.390. The molecular weight excluding hydrogens is 144 g/mol. The van der Waals surface area contributed by atoms with E-state index in [0.717, 1.165) is 0 Å². The van der Waals surface area contributed by atoms with Crippen LogP contribution < -0.4 is 0 Å². The molecule has 0 aromatic rings. The van der Waals surface area contributed by atoms with Gasteiger partial charge in [0.2, 0.25) is 0 Å². The zero-order valence-corrected chi connectivity index (χ0v) is 8.33. The van der Waals surface area contributed by atoms with Gasteiger partial charge < -0.3 is 0 Å². The third-order valence-corrected chi connectivity index (χ3v) is 3.42. The molecule has 0 bridgehead atoms. The van der Waals surface area contributed by atoms with E-state index in [1.165, 1.54) is 19.3 Å². The van der Waals surface area contributed by atoms with Gasteiger partial charge in [-0.3, -0.25) is 0 Å². The van der Waals surface area contributed by atoms with Crippen LogP contribution in [0.25, 0.3) is 0 Å². The summed E-state index contributed by atoms with van der Waals surface area (Å²) in [4.78, 5) is 0. The standard InChI is InChI=1S/C9H19Cl/c1-5-9(6-2,7-3)8(4)10/h8H,5-7H2,1-4H3. The van der Waals surface area contributed by atoms with Gasteiger partial charge in [0, 0.05) is 5.38 Å². The molecule has 0 nitrogen and oxygen atoms in total. The first kappa shape index (κ1) is 10.3. The van der Waals surface area contributed by atoms with Crippen molar-refractivity contribution in [3.8, 4) is 0 Å². The van der Waals surface area contributed by atoms with Gasteiger partial charge in [-0.15, -0.1) is 11.6 Å². The van der Waals surface area contributed by atoms with Crippen molar-refractivity contribution in [1.29, 1.82) is 0 Å². The first-order valence-electron chi connectivity index (χ1n) is 4.27. The van der Waals surface area contributed by atoms with Gasteiger partial charge in [0.15, 0.2) is 0 Å². The average molecular weight is 163 g/mol. The predicted molar refractivity (Wildman–Crippen MR) is 48.6 cm³/mol. The van der Waals surface area contributed by atoms with E-state index >= 15 is 0 Å². The Balaban J connectivity index is 4.15. The van der Waals surface area contributed by atoms with E-state index in [4.69, 9.17) is 11.6 Å². The molecule has 1 heteroatoms. The SMILES string of the molecule is CCC(CC)(CC)C(C)Cl. The highest BCUT2D eigenvalue weighted by Crippen LogP contribution is 2.36. The van der Waals surface area contributed by atoms with Crippen LogP contribution in [0.3, 0.4) is 0 Å². The Morgan fingerprint density at radius 2 is 1.40 bits per heavy atom. The molecule has 1 unspecified atom stereocenters. The van der Waals surface area contributed by atoms with Crippen molar-refractivity contribution in [2.24, 2.45) is 5.41 Å². The maximum absolute atomic E-state index is 6.10. The van der Waals surface area contributed by atoms with Gasteiger partial charge in [0.05, 0.1) is 0 Å². The third-order valence-electron chi connectivity index (χ3n) is 2.96. The second-order valence-electron chi connectivity index (χ2n) is 3.04. The Kier molecular flexibility index (Phi) is 4.35. The summed E-state index contributed by atoms with van der Waals surface area (Å²) in [5, 5.41) is 0.312. The quantitative estimate of drug-likeness (QED) is 0.552. The normalized spacial score (nSPS) is 15.3. The summed E-state index contributed by atoms with van der Waals surface area (Å²) in [6.07, 6.45) is 3.60. The lowest BCUT2D eigenvalue weighted by Crippen LogP contribution is -2.27. The summed E-state index contributed by atoms with van der Waals surface area (Å²) >= 11 is 6.10. The number of hydrogen-bond acceptors (Lipinski definition) is 0. The monoisotopic (exact) mass is 162 g/mol. The zero-order valence-electron chi connectivity index (χ0n) is 7.58. The summed E-state index contributed by atoms with van der Waals surface area (Å²) in [7, 11) is 0.